The van der Waals surface area contributed by atoms with Crippen molar-refractivity contribution in [3.05, 3.63) is 38.8 Å². The summed E-state index contributed by atoms with van der Waals surface area (Å²) in [5, 5.41) is 11.3. The Labute approximate surface area is 178 Å². The first-order valence-corrected chi connectivity index (χ1v) is 9.81. The Morgan fingerprint density at radius 3 is 2.58 bits per heavy atom. The lowest BCUT2D eigenvalue weighted by molar-refractivity contribution is 0.645. The fourth-order valence-electron chi connectivity index (χ4n) is 2.96. The van der Waals surface area contributed by atoms with E-state index in [0.29, 0.717) is 6.04 Å². The quantitative estimate of drug-likeness (QED) is 0.354. The summed E-state index contributed by atoms with van der Waals surface area (Å²) in [6, 6.07) is 4.75. The zero-order chi connectivity index (χ0) is 18.4. The van der Waals surface area contributed by atoms with E-state index in [1.807, 2.05) is 23.1 Å². The van der Waals surface area contributed by atoms with Crippen LogP contribution in [0.15, 0.2) is 17.1 Å². The van der Waals surface area contributed by atoms with E-state index in [2.05, 4.69) is 62.5 Å². The third kappa shape index (κ3) is 6.57. The van der Waals surface area contributed by atoms with E-state index >= 15 is 0 Å². The Bertz CT molecular complexity index is 720. The van der Waals surface area contributed by atoms with Gasteiger partial charge in [-0.15, -0.1) is 35.3 Å². The number of aliphatic imine (C=N–C) groups is 1. The number of halogens is 1. The Balaban J connectivity index is 0.00000338. The molecule has 0 amide bonds. The number of thiophene rings is 1. The van der Waals surface area contributed by atoms with Gasteiger partial charge in [0.2, 0.25) is 0 Å². The first-order valence-electron chi connectivity index (χ1n) is 9.00. The molecule has 2 rings (SSSR count). The monoisotopic (exact) mass is 489 g/mol. The molecule has 0 bridgehead atoms. The van der Waals surface area contributed by atoms with Crippen molar-refractivity contribution in [2.45, 2.75) is 53.5 Å². The van der Waals surface area contributed by atoms with Crippen LogP contribution >= 0.6 is 35.3 Å². The molecule has 1 atom stereocenters. The minimum atomic E-state index is 0. The van der Waals surface area contributed by atoms with Crippen LogP contribution in [0.2, 0.25) is 0 Å². The van der Waals surface area contributed by atoms with Gasteiger partial charge in [0.15, 0.2) is 5.96 Å². The number of nitrogens with one attached hydrogen (secondary N) is 2. The van der Waals surface area contributed by atoms with Gasteiger partial charge in [-0.1, -0.05) is 0 Å². The number of aryl methyl sites for hydroxylation is 3. The van der Waals surface area contributed by atoms with Crippen LogP contribution in [0.4, 0.5) is 0 Å². The summed E-state index contributed by atoms with van der Waals surface area (Å²) in [4.78, 5) is 7.53. The first-order chi connectivity index (χ1) is 11.9. The summed E-state index contributed by atoms with van der Waals surface area (Å²) in [6.07, 6.45) is 1.93. The summed E-state index contributed by atoms with van der Waals surface area (Å²) >= 11 is 1.87. The second-order valence-electron chi connectivity index (χ2n) is 6.55. The molecule has 0 aromatic carbocycles. The van der Waals surface area contributed by atoms with E-state index in [4.69, 9.17) is 4.99 Å². The highest BCUT2D eigenvalue weighted by Gasteiger charge is 2.10. The maximum absolute atomic E-state index is 4.75. The van der Waals surface area contributed by atoms with Crippen LogP contribution < -0.4 is 10.6 Å². The molecule has 2 aromatic heterocycles. The van der Waals surface area contributed by atoms with Crippen molar-refractivity contribution in [2.24, 2.45) is 12.0 Å². The number of hydrogen-bond acceptors (Lipinski definition) is 3. The molecule has 0 radical (unpaired) electrons. The van der Waals surface area contributed by atoms with Gasteiger partial charge in [0, 0.05) is 48.0 Å². The molecule has 2 heterocycles. The van der Waals surface area contributed by atoms with Crippen molar-refractivity contribution >= 4 is 41.3 Å². The van der Waals surface area contributed by atoms with E-state index < -0.39 is 0 Å². The molecular formula is C19H32IN5S. The van der Waals surface area contributed by atoms with Crippen molar-refractivity contribution < 1.29 is 0 Å². The van der Waals surface area contributed by atoms with Crippen LogP contribution in [0.3, 0.4) is 0 Å². The Morgan fingerprint density at radius 1 is 1.31 bits per heavy atom. The molecule has 0 saturated heterocycles. The lowest BCUT2D eigenvalue weighted by atomic mass is 10.1. The molecule has 0 aliphatic rings. The zero-order valence-electron chi connectivity index (χ0n) is 16.7. The normalized spacial score (nSPS) is 12.6. The van der Waals surface area contributed by atoms with E-state index in [1.54, 1.807) is 0 Å². The summed E-state index contributed by atoms with van der Waals surface area (Å²) in [5.74, 6) is 0.891. The highest BCUT2D eigenvalue weighted by Crippen LogP contribution is 2.16. The number of hydrogen-bond donors (Lipinski definition) is 2. The minimum absolute atomic E-state index is 0. The topological polar surface area (TPSA) is 54.2 Å². The molecule has 26 heavy (non-hydrogen) atoms. The van der Waals surface area contributed by atoms with E-state index in [-0.39, 0.29) is 24.0 Å². The van der Waals surface area contributed by atoms with Crippen LogP contribution in [0.5, 0.6) is 0 Å². The number of nitrogens with zero attached hydrogens (tertiary/aromatic N) is 3. The molecule has 7 heteroatoms. The molecule has 0 aliphatic heterocycles. The number of aromatic nitrogens is 2. The van der Waals surface area contributed by atoms with E-state index in [1.165, 1.54) is 21.0 Å². The summed E-state index contributed by atoms with van der Waals surface area (Å²) < 4.78 is 1.95. The van der Waals surface area contributed by atoms with Gasteiger partial charge < -0.3 is 10.6 Å². The largest absolute Gasteiger partial charge is 0.357 e. The number of guanidine groups is 1. The molecule has 0 spiro atoms. The summed E-state index contributed by atoms with van der Waals surface area (Å²) in [6.45, 7) is 12.3. The van der Waals surface area contributed by atoms with Crippen LogP contribution in [0, 0.1) is 20.8 Å². The standard InChI is InChI=1S/C19H31N5S.HI/c1-7-20-19(22-13(2)12-17-9-8-14(3)25-17)21-11-10-18-15(4)23-24(6)16(18)5;/h8-9,13H,7,10-12H2,1-6H3,(H2,20,21,22);1H. The summed E-state index contributed by atoms with van der Waals surface area (Å²) in [5.41, 5.74) is 3.64. The van der Waals surface area contributed by atoms with Gasteiger partial charge in [0.05, 0.1) is 5.69 Å². The van der Waals surface area contributed by atoms with Crippen LogP contribution in [0.25, 0.3) is 0 Å². The van der Waals surface area contributed by atoms with Gasteiger partial charge in [-0.25, -0.2) is 0 Å². The highest BCUT2D eigenvalue weighted by atomic mass is 127. The van der Waals surface area contributed by atoms with E-state index in [0.717, 1.165) is 37.6 Å². The molecule has 2 N–H and O–H groups in total. The van der Waals surface area contributed by atoms with Crippen molar-refractivity contribution in [3.8, 4) is 0 Å². The predicted molar refractivity (Wildman–Crippen MR) is 123 cm³/mol. The first kappa shape index (κ1) is 23.0. The molecule has 2 aromatic rings. The maximum Gasteiger partial charge on any atom is 0.191 e. The van der Waals surface area contributed by atoms with Gasteiger partial charge in [-0.2, -0.15) is 5.10 Å². The second kappa shape index (κ2) is 10.9. The Morgan fingerprint density at radius 2 is 2.04 bits per heavy atom. The molecule has 146 valence electrons. The van der Waals surface area contributed by atoms with Crippen molar-refractivity contribution in [3.63, 3.8) is 0 Å². The van der Waals surface area contributed by atoms with Crippen molar-refractivity contribution in [1.29, 1.82) is 0 Å². The average Bonchev–Trinajstić information content (AvgIpc) is 3.04. The fourth-order valence-corrected chi connectivity index (χ4v) is 3.98. The molecule has 1 unspecified atom stereocenters. The van der Waals surface area contributed by atoms with Crippen molar-refractivity contribution in [1.82, 2.24) is 20.4 Å². The van der Waals surface area contributed by atoms with Gasteiger partial charge in [-0.3, -0.25) is 9.67 Å². The smallest absolute Gasteiger partial charge is 0.191 e. The lowest BCUT2D eigenvalue weighted by Crippen LogP contribution is -2.43. The van der Waals surface area contributed by atoms with Gasteiger partial charge in [0.25, 0.3) is 0 Å². The molecular weight excluding hydrogens is 457 g/mol. The van der Waals surface area contributed by atoms with Gasteiger partial charge in [-0.05, 0) is 58.7 Å². The minimum Gasteiger partial charge on any atom is -0.357 e. The molecule has 0 saturated carbocycles. The van der Waals surface area contributed by atoms with Crippen LogP contribution in [-0.4, -0.2) is 34.9 Å². The zero-order valence-corrected chi connectivity index (χ0v) is 19.9. The SMILES string of the molecule is CCNC(=NCCc1c(C)nn(C)c1C)NC(C)Cc1ccc(C)s1.I. The van der Waals surface area contributed by atoms with Crippen LogP contribution in [0.1, 0.15) is 40.6 Å². The fraction of sp³-hybridized carbons (Fsp3) is 0.579. The molecule has 5 nitrogen and oxygen atoms in total. The van der Waals surface area contributed by atoms with Crippen LogP contribution in [-0.2, 0) is 19.9 Å². The molecule has 0 fully saturated rings. The van der Waals surface area contributed by atoms with E-state index in [9.17, 15) is 0 Å². The van der Waals surface area contributed by atoms with Gasteiger partial charge in [0.1, 0.15) is 0 Å². The highest BCUT2D eigenvalue weighted by molar-refractivity contribution is 14.0. The third-order valence-electron chi connectivity index (χ3n) is 4.32. The van der Waals surface area contributed by atoms with Crippen molar-refractivity contribution in [2.75, 3.05) is 13.1 Å². The Hall–Kier alpha value is -1.09. The average molecular weight is 489 g/mol. The second-order valence-corrected chi connectivity index (χ2v) is 7.92. The predicted octanol–water partition coefficient (Wildman–Crippen LogP) is 3.75. The Kier molecular flexibility index (Phi) is 9.63. The third-order valence-corrected chi connectivity index (χ3v) is 5.34. The van der Waals surface area contributed by atoms with Gasteiger partial charge >= 0.3 is 0 Å². The summed E-state index contributed by atoms with van der Waals surface area (Å²) in [7, 11) is 1.99. The maximum atomic E-state index is 4.75. The molecule has 0 aliphatic carbocycles. The lowest BCUT2D eigenvalue weighted by Gasteiger charge is -2.17. The number of rotatable bonds is 7.